The number of non-ortho nitro benzene ring substituents is 1. The monoisotopic (exact) mass is 341 g/mol. The minimum atomic E-state index is -0.456. The number of rotatable bonds is 3. The largest absolute Gasteiger partial charge is 0.293 e. The third kappa shape index (κ3) is 3.02. The van der Waals surface area contributed by atoms with Crippen LogP contribution in [0.5, 0.6) is 0 Å². The maximum atomic E-state index is 12.9. The number of aryl methyl sites for hydroxylation is 1. The van der Waals surface area contributed by atoms with Crippen LogP contribution in [-0.4, -0.2) is 24.5 Å². The first-order valence-corrected chi connectivity index (χ1v) is 7.88. The second-order valence-corrected chi connectivity index (χ2v) is 6.96. The van der Waals surface area contributed by atoms with Crippen molar-refractivity contribution in [3.05, 3.63) is 62.2 Å². The molecule has 0 aliphatic rings. The molecule has 0 aliphatic heterocycles. The number of aromatic nitrogens is 4. The highest BCUT2D eigenvalue weighted by molar-refractivity contribution is 5.79. The molecule has 0 aliphatic carbocycles. The number of nitrogens with zero attached hydrogens (tertiary/aromatic N) is 5. The third-order valence-electron chi connectivity index (χ3n) is 3.96. The molecule has 0 saturated carbocycles. The second-order valence-electron chi connectivity index (χ2n) is 6.96. The molecule has 130 valence electrons. The van der Waals surface area contributed by atoms with Crippen molar-refractivity contribution in [3.63, 3.8) is 0 Å². The van der Waals surface area contributed by atoms with Crippen molar-refractivity contribution in [2.45, 2.75) is 39.8 Å². The van der Waals surface area contributed by atoms with Gasteiger partial charge in [-0.2, -0.15) is 10.2 Å². The highest BCUT2D eigenvalue weighted by Crippen LogP contribution is 2.21. The van der Waals surface area contributed by atoms with Crippen LogP contribution in [0.2, 0.25) is 0 Å². The lowest BCUT2D eigenvalue weighted by Gasteiger charge is -2.20. The first-order chi connectivity index (χ1) is 11.7. The van der Waals surface area contributed by atoms with Crippen molar-refractivity contribution in [1.82, 2.24) is 19.6 Å². The SMILES string of the molecule is Cc1nn(Cc2cccc([N+](=O)[O-])c2)c(=O)c2c1cnn2C(C)(C)C. The van der Waals surface area contributed by atoms with Gasteiger partial charge in [-0.05, 0) is 33.3 Å². The molecule has 8 nitrogen and oxygen atoms in total. The Morgan fingerprint density at radius 2 is 2.00 bits per heavy atom. The molecule has 0 fully saturated rings. The summed E-state index contributed by atoms with van der Waals surface area (Å²) in [6, 6.07) is 6.21. The topological polar surface area (TPSA) is 95.8 Å². The molecule has 8 heteroatoms. The van der Waals surface area contributed by atoms with E-state index in [0.29, 0.717) is 16.8 Å². The van der Waals surface area contributed by atoms with Crippen molar-refractivity contribution in [3.8, 4) is 0 Å². The number of fused-ring (bicyclic) bond motifs is 1. The predicted octanol–water partition coefficient (Wildman–Crippen LogP) is 2.61. The first kappa shape index (κ1) is 16.8. The van der Waals surface area contributed by atoms with Crippen molar-refractivity contribution < 1.29 is 4.92 Å². The summed E-state index contributed by atoms with van der Waals surface area (Å²) in [5.41, 5.74) is 1.20. The minimum Gasteiger partial charge on any atom is -0.265 e. The van der Waals surface area contributed by atoms with Gasteiger partial charge in [0, 0.05) is 17.5 Å². The van der Waals surface area contributed by atoms with Gasteiger partial charge in [-0.1, -0.05) is 12.1 Å². The molecule has 0 saturated heterocycles. The summed E-state index contributed by atoms with van der Waals surface area (Å²) in [7, 11) is 0. The minimum absolute atomic E-state index is 0.0110. The Labute approximate surface area is 143 Å². The van der Waals surface area contributed by atoms with Crippen LogP contribution in [0.25, 0.3) is 10.9 Å². The third-order valence-corrected chi connectivity index (χ3v) is 3.96. The summed E-state index contributed by atoms with van der Waals surface area (Å²) in [6.45, 7) is 7.89. The second kappa shape index (κ2) is 5.80. The quantitative estimate of drug-likeness (QED) is 0.539. The van der Waals surface area contributed by atoms with E-state index in [1.165, 1.54) is 16.8 Å². The predicted molar refractivity (Wildman–Crippen MR) is 93.7 cm³/mol. The summed E-state index contributed by atoms with van der Waals surface area (Å²) in [4.78, 5) is 23.4. The smallest absolute Gasteiger partial charge is 0.265 e. The van der Waals surface area contributed by atoms with Gasteiger partial charge in [-0.3, -0.25) is 19.6 Å². The summed E-state index contributed by atoms with van der Waals surface area (Å²) in [5.74, 6) is 0. The van der Waals surface area contributed by atoms with E-state index in [4.69, 9.17) is 0 Å². The van der Waals surface area contributed by atoms with Crippen molar-refractivity contribution in [2.24, 2.45) is 0 Å². The zero-order chi connectivity index (χ0) is 18.4. The van der Waals surface area contributed by atoms with E-state index in [9.17, 15) is 14.9 Å². The van der Waals surface area contributed by atoms with E-state index in [0.717, 1.165) is 5.39 Å². The highest BCUT2D eigenvalue weighted by Gasteiger charge is 2.21. The van der Waals surface area contributed by atoms with E-state index in [-0.39, 0.29) is 23.3 Å². The Morgan fingerprint density at radius 3 is 2.64 bits per heavy atom. The molecule has 0 amide bonds. The van der Waals surface area contributed by atoms with Crippen LogP contribution in [-0.2, 0) is 12.1 Å². The average Bonchev–Trinajstić information content (AvgIpc) is 2.98. The van der Waals surface area contributed by atoms with Gasteiger partial charge in [0.1, 0.15) is 5.52 Å². The van der Waals surface area contributed by atoms with E-state index >= 15 is 0 Å². The molecule has 3 rings (SSSR count). The number of nitro benzene ring substituents is 1. The van der Waals surface area contributed by atoms with Crippen molar-refractivity contribution >= 4 is 16.6 Å². The molecular formula is C17H19N5O3. The van der Waals surface area contributed by atoms with Gasteiger partial charge in [0.25, 0.3) is 11.2 Å². The lowest BCUT2D eigenvalue weighted by atomic mass is 10.1. The molecule has 0 unspecified atom stereocenters. The van der Waals surface area contributed by atoms with E-state index < -0.39 is 4.92 Å². The molecule has 25 heavy (non-hydrogen) atoms. The van der Waals surface area contributed by atoms with Gasteiger partial charge in [0.2, 0.25) is 0 Å². The summed E-state index contributed by atoms with van der Waals surface area (Å²) < 4.78 is 3.03. The number of hydrogen-bond acceptors (Lipinski definition) is 5. The maximum Gasteiger partial charge on any atom is 0.293 e. The van der Waals surface area contributed by atoms with Crippen LogP contribution in [0.3, 0.4) is 0 Å². The van der Waals surface area contributed by atoms with Gasteiger partial charge in [-0.15, -0.1) is 0 Å². The highest BCUT2D eigenvalue weighted by atomic mass is 16.6. The van der Waals surface area contributed by atoms with Gasteiger partial charge in [0.15, 0.2) is 0 Å². The van der Waals surface area contributed by atoms with E-state index in [2.05, 4.69) is 10.2 Å². The molecule has 1 aromatic carbocycles. The molecule has 2 heterocycles. The molecule has 3 aromatic rings. The van der Waals surface area contributed by atoms with E-state index in [1.807, 2.05) is 27.7 Å². The Morgan fingerprint density at radius 1 is 1.28 bits per heavy atom. The Balaban J connectivity index is 2.15. The normalized spacial score (nSPS) is 11.8. The standard InChI is InChI=1S/C17H19N5O3/c1-11-14-9-18-21(17(2,3)4)15(14)16(23)20(19-11)10-12-6-5-7-13(8-12)22(24)25/h5-9H,10H2,1-4H3. The lowest BCUT2D eigenvalue weighted by Crippen LogP contribution is -2.31. The molecular weight excluding hydrogens is 322 g/mol. The zero-order valence-electron chi connectivity index (χ0n) is 14.6. The van der Waals surface area contributed by atoms with Crippen LogP contribution in [0.4, 0.5) is 5.69 Å². The number of benzene rings is 1. The molecule has 0 spiro atoms. The molecule has 0 N–H and O–H groups in total. The molecule has 0 bridgehead atoms. The summed E-state index contributed by atoms with van der Waals surface area (Å²) in [6.07, 6.45) is 1.65. The van der Waals surface area contributed by atoms with Crippen molar-refractivity contribution in [1.29, 1.82) is 0 Å². The van der Waals surface area contributed by atoms with E-state index in [1.54, 1.807) is 23.0 Å². The number of nitro groups is 1. The molecule has 2 aromatic heterocycles. The zero-order valence-corrected chi connectivity index (χ0v) is 14.6. The first-order valence-electron chi connectivity index (χ1n) is 7.88. The Bertz CT molecular complexity index is 1030. The van der Waals surface area contributed by atoms with Gasteiger partial charge >= 0.3 is 0 Å². The number of hydrogen-bond donors (Lipinski definition) is 0. The van der Waals surface area contributed by atoms with Gasteiger partial charge < -0.3 is 0 Å². The van der Waals surface area contributed by atoms with Crippen LogP contribution in [0.1, 0.15) is 32.0 Å². The fraction of sp³-hybridized carbons (Fsp3) is 0.353. The maximum absolute atomic E-state index is 12.9. The molecule has 0 radical (unpaired) electrons. The van der Waals surface area contributed by atoms with Crippen LogP contribution < -0.4 is 5.56 Å². The fourth-order valence-corrected chi connectivity index (χ4v) is 2.78. The van der Waals surface area contributed by atoms with Crippen LogP contribution >= 0.6 is 0 Å². The van der Waals surface area contributed by atoms with Crippen molar-refractivity contribution in [2.75, 3.05) is 0 Å². The van der Waals surface area contributed by atoms with Crippen LogP contribution in [0.15, 0.2) is 35.3 Å². The van der Waals surface area contributed by atoms with Crippen LogP contribution in [0, 0.1) is 17.0 Å². The summed E-state index contributed by atoms with van der Waals surface area (Å²) >= 11 is 0. The molecule has 0 atom stereocenters. The summed E-state index contributed by atoms with van der Waals surface area (Å²) in [5, 5.41) is 20.3. The lowest BCUT2D eigenvalue weighted by molar-refractivity contribution is -0.384. The van der Waals surface area contributed by atoms with Gasteiger partial charge in [0.05, 0.1) is 28.9 Å². The average molecular weight is 341 g/mol. The Hall–Kier alpha value is -3.03. The Kier molecular flexibility index (Phi) is 3.90. The fourth-order valence-electron chi connectivity index (χ4n) is 2.78. The van der Waals surface area contributed by atoms with Gasteiger partial charge in [-0.25, -0.2) is 4.68 Å².